The fourth-order valence-corrected chi connectivity index (χ4v) is 3.10. The van der Waals surface area contributed by atoms with Gasteiger partial charge in [-0.05, 0) is 50.6 Å². The minimum atomic E-state index is -0.349. The first-order chi connectivity index (χ1) is 13.4. The van der Waals surface area contributed by atoms with Crippen molar-refractivity contribution in [1.29, 1.82) is 0 Å². The second-order valence-electron chi connectivity index (χ2n) is 6.78. The number of nitrogens with one attached hydrogen (secondary N) is 1. The highest BCUT2D eigenvalue weighted by Gasteiger charge is 2.20. The van der Waals surface area contributed by atoms with Crippen LogP contribution in [0.25, 0.3) is 22.4 Å². The van der Waals surface area contributed by atoms with Gasteiger partial charge in [-0.3, -0.25) is 4.79 Å². The van der Waals surface area contributed by atoms with Crippen molar-refractivity contribution in [3.05, 3.63) is 76.7 Å². The van der Waals surface area contributed by atoms with Gasteiger partial charge in [0.25, 0.3) is 11.6 Å². The Kier molecular flexibility index (Phi) is 4.39. The topological polar surface area (TPSA) is 68.0 Å². The highest BCUT2D eigenvalue weighted by Crippen LogP contribution is 2.28. The van der Waals surface area contributed by atoms with Crippen molar-refractivity contribution in [2.75, 3.05) is 5.32 Å². The number of halogens is 1. The predicted octanol–water partition coefficient (Wildman–Crippen LogP) is 5.21. The van der Waals surface area contributed by atoms with Gasteiger partial charge in [-0.15, -0.1) is 0 Å². The van der Waals surface area contributed by atoms with E-state index in [0.717, 1.165) is 11.1 Å². The van der Waals surface area contributed by atoms with Gasteiger partial charge >= 0.3 is 0 Å². The number of nitrogens with zero attached hydrogens (tertiary/aromatic N) is 2. The summed E-state index contributed by atoms with van der Waals surface area (Å²) in [6, 6.07) is 13.8. The SMILES string of the molecule is Cc1ccc(-c2cc(C(=O)Nc3ccc(F)cc3C)c3c(C)noc3n2)cc1. The van der Waals surface area contributed by atoms with Crippen LogP contribution in [-0.2, 0) is 0 Å². The number of aromatic nitrogens is 2. The third-order valence-electron chi connectivity index (χ3n) is 4.65. The van der Waals surface area contributed by atoms with Gasteiger partial charge in [-0.2, -0.15) is 0 Å². The molecule has 28 heavy (non-hydrogen) atoms. The zero-order valence-electron chi connectivity index (χ0n) is 15.7. The molecule has 0 unspecified atom stereocenters. The van der Waals surface area contributed by atoms with Crippen LogP contribution in [0.3, 0.4) is 0 Å². The van der Waals surface area contributed by atoms with E-state index >= 15 is 0 Å². The average Bonchev–Trinajstić information content (AvgIpc) is 3.05. The van der Waals surface area contributed by atoms with Crippen LogP contribution in [0.1, 0.15) is 27.2 Å². The van der Waals surface area contributed by atoms with Crippen LogP contribution in [0.15, 0.2) is 53.1 Å². The Bertz CT molecular complexity index is 1200. The lowest BCUT2D eigenvalue weighted by Gasteiger charge is -2.10. The van der Waals surface area contributed by atoms with Gasteiger partial charge in [-0.25, -0.2) is 9.37 Å². The number of rotatable bonds is 3. The van der Waals surface area contributed by atoms with E-state index in [0.29, 0.717) is 39.3 Å². The Labute approximate surface area is 161 Å². The molecule has 140 valence electrons. The summed E-state index contributed by atoms with van der Waals surface area (Å²) in [6.45, 7) is 5.51. The molecule has 0 saturated carbocycles. The molecular weight excluding hydrogens is 357 g/mol. The monoisotopic (exact) mass is 375 g/mol. The third kappa shape index (κ3) is 3.24. The number of hydrogen-bond acceptors (Lipinski definition) is 4. The van der Waals surface area contributed by atoms with Crippen LogP contribution in [0.5, 0.6) is 0 Å². The van der Waals surface area contributed by atoms with Gasteiger partial charge in [-0.1, -0.05) is 35.0 Å². The van der Waals surface area contributed by atoms with Gasteiger partial charge in [0.05, 0.1) is 22.3 Å². The molecule has 2 heterocycles. The summed E-state index contributed by atoms with van der Waals surface area (Å²) in [5.74, 6) is -0.680. The molecule has 2 aromatic carbocycles. The maximum absolute atomic E-state index is 13.4. The lowest BCUT2D eigenvalue weighted by atomic mass is 10.0. The van der Waals surface area contributed by atoms with E-state index in [-0.39, 0.29) is 11.7 Å². The van der Waals surface area contributed by atoms with Crippen molar-refractivity contribution in [3.8, 4) is 11.3 Å². The number of anilines is 1. The van der Waals surface area contributed by atoms with Gasteiger partial charge in [0.1, 0.15) is 5.82 Å². The van der Waals surface area contributed by atoms with Gasteiger partial charge in [0, 0.05) is 11.3 Å². The second-order valence-corrected chi connectivity index (χ2v) is 6.78. The van der Waals surface area contributed by atoms with E-state index in [4.69, 9.17) is 4.52 Å². The summed E-state index contributed by atoms with van der Waals surface area (Å²) in [4.78, 5) is 17.6. The normalized spacial score (nSPS) is 11.0. The largest absolute Gasteiger partial charge is 0.335 e. The van der Waals surface area contributed by atoms with Crippen molar-refractivity contribution in [3.63, 3.8) is 0 Å². The molecule has 0 fully saturated rings. The molecule has 6 heteroatoms. The summed E-state index contributed by atoms with van der Waals surface area (Å²) < 4.78 is 18.7. The van der Waals surface area contributed by atoms with Crippen LogP contribution in [0.2, 0.25) is 0 Å². The molecule has 0 saturated heterocycles. The van der Waals surface area contributed by atoms with Crippen molar-refractivity contribution in [2.24, 2.45) is 0 Å². The second kappa shape index (κ2) is 6.88. The molecule has 4 aromatic rings. The number of amides is 1. The smallest absolute Gasteiger partial charge is 0.259 e. The standard InChI is InChI=1S/C22H18FN3O2/c1-12-4-6-15(7-5-12)19-11-17(20-14(3)26-28-22(20)25-19)21(27)24-18-9-8-16(23)10-13(18)2/h4-11H,1-3H3,(H,24,27). The van der Waals surface area contributed by atoms with E-state index in [2.05, 4.69) is 15.5 Å². The van der Waals surface area contributed by atoms with E-state index < -0.39 is 0 Å². The third-order valence-corrected chi connectivity index (χ3v) is 4.65. The summed E-state index contributed by atoms with van der Waals surface area (Å²) in [7, 11) is 0. The van der Waals surface area contributed by atoms with Crippen molar-refractivity contribution in [1.82, 2.24) is 10.1 Å². The molecule has 1 N–H and O–H groups in total. The maximum atomic E-state index is 13.4. The molecule has 1 amide bonds. The average molecular weight is 375 g/mol. The van der Waals surface area contributed by atoms with Crippen LogP contribution in [-0.4, -0.2) is 16.0 Å². The fraction of sp³-hybridized carbons (Fsp3) is 0.136. The molecule has 5 nitrogen and oxygen atoms in total. The minimum absolute atomic E-state index is 0.302. The van der Waals surface area contributed by atoms with E-state index in [1.54, 1.807) is 26.0 Å². The Hall–Kier alpha value is -3.54. The molecule has 0 bridgehead atoms. The Morgan fingerprint density at radius 2 is 1.79 bits per heavy atom. The Morgan fingerprint density at radius 3 is 2.50 bits per heavy atom. The number of carbonyl (C=O) groups is 1. The first-order valence-corrected chi connectivity index (χ1v) is 8.84. The summed E-state index contributed by atoms with van der Waals surface area (Å²) in [6.07, 6.45) is 0. The summed E-state index contributed by atoms with van der Waals surface area (Å²) in [5.41, 5.74) is 5.09. The van der Waals surface area contributed by atoms with Crippen molar-refractivity contribution >= 4 is 22.7 Å². The zero-order valence-corrected chi connectivity index (χ0v) is 15.7. The summed E-state index contributed by atoms with van der Waals surface area (Å²) in [5, 5.41) is 7.37. The van der Waals surface area contributed by atoms with E-state index in [9.17, 15) is 9.18 Å². The molecule has 0 spiro atoms. The lowest BCUT2D eigenvalue weighted by molar-refractivity contribution is 0.102. The maximum Gasteiger partial charge on any atom is 0.259 e. The van der Waals surface area contributed by atoms with E-state index in [1.807, 2.05) is 31.2 Å². The molecular formula is C22H18FN3O2. The number of benzene rings is 2. The highest BCUT2D eigenvalue weighted by molar-refractivity contribution is 6.13. The number of fused-ring (bicyclic) bond motifs is 1. The highest BCUT2D eigenvalue weighted by atomic mass is 19.1. The fourth-order valence-electron chi connectivity index (χ4n) is 3.10. The molecule has 2 aromatic heterocycles. The predicted molar refractivity (Wildman–Crippen MR) is 106 cm³/mol. The molecule has 0 aliphatic carbocycles. The number of pyridine rings is 1. The Morgan fingerprint density at radius 1 is 1.04 bits per heavy atom. The van der Waals surface area contributed by atoms with Crippen LogP contribution in [0.4, 0.5) is 10.1 Å². The van der Waals surface area contributed by atoms with Crippen molar-refractivity contribution in [2.45, 2.75) is 20.8 Å². The summed E-state index contributed by atoms with van der Waals surface area (Å²) >= 11 is 0. The minimum Gasteiger partial charge on any atom is -0.335 e. The first-order valence-electron chi connectivity index (χ1n) is 8.84. The van der Waals surface area contributed by atoms with Crippen molar-refractivity contribution < 1.29 is 13.7 Å². The van der Waals surface area contributed by atoms with Crippen LogP contribution < -0.4 is 5.32 Å². The van der Waals surface area contributed by atoms with Crippen LogP contribution in [0, 0.1) is 26.6 Å². The molecule has 0 aliphatic heterocycles. The van der Waals surface area contributed by atoms with Gasteiger partial charge < -0.3 is 9.84 Å². The zero-order chi connectivity index (χ0) is 19.8. The van der Waals surface area contributed by atoms with E-state index in [1.165, 1.54) is 12.1 Å². The molecule has 4 rings (SSSR count). The quantitative estimate of drug-likeness (QED) is 0.534. The van der Waals surface area contributed by atoms with Crippen LogP contribution >= 0.6 is 0 Å². The molecule has 0 aliphatic rings. The number of carbonyl (C=O) groups excluding carboxylic acids is 1. The van der Waals surface area contributed by atoms with Gasteiger partial charge in [0.2, 0.25) is 0 Å². The Balaban J connectivity index is 1.81. The lowest BCUT2D eigenvalue weighted by Crippen LogP contribution is -2.14. The molecule has 0 atom stereocenters. The first kappa shape index (κ1) is 17.9. The van der Waals surface area contributed by atoms with Gasteiger partial charge in [0.15, 0.2) is 0 Å². The molecule has 0 radical (unpaired) electrons. The number of aryl methyl sites for hydroxylation is 3. The number of hydrogen-bond donors (Lipinski definition) is 1.